The number of phenols is 1. The summed E-state index contributed by atoms with van der Waals surface area (Å²) in [5.41, 5.74) is 2.98. The number of aryl methyl sites for hydroxylation is 1. The van der Waals surface area contributed by atoms with Crippen LogP contribution in [0.1, 0.15) is 29.7 Å². The number of nitrogens with one attached hydrogen (secondary N) is 1. The van der Waals surface area contributed by atoms with Gasteiger partial charge in [-0.05, 0) is 37.1 Å². The number of hydrogen-bond acceptors (Lipinski definition) is 3. The van der Waals surface area contributed by atoms with E-state index in [2.05, 4.69) is 18.3 Å². The van der Waals surface area contributed by atoms with Crippen LogP contribution in [0.2, 0.25) is 0 Å². The summed E-state index contributed by atoms with van der Waals surface area (Å²) < 4.78 is 5.23. The van der Waals surface area contributed by atoms with E-state index < -0.39 is 0 Å². The maximum Gasteiger partial charge on any atom is 0.122 e. The summed E-state index contributed by atoms with van der Waals surface area (Å²) in [4.78, 5) is 0. The summed E-state index contributed by atoms with van der Waals surface area (Å²) in [5, 5.41) is 13.4. The molecule has 106 valence electrons. The molecule has 0 amide bonds. The fourth-order valence-electron chi connectivity index (χ4n) is 2.15. The highest BCUT2D eigenvalue weighted by Crippen LogP contribution is 2.23. The van der Waals surface area contributed by atoms with Crippen molar-refractivity contribution < 1.29 is 9.84 Å². The van der Waals surface area contributed by atoms with E-state index in [1.54, 1.807) is 7.11 Å². The molecule has 0 saturated heterocycles. The van der Waals surface area contributed by atoms with E-state index >= 15 is 0 Å². The number of methoxy groups -OCH3 is 1. The molecule has 2 rings (SSSR count). The molecule has 0 heterocycles. The van der Waals surface area contributed by atoms with Crippen molar-refractivity contribution in [3.8, 4) is 11.5 Å². The van der Waals surface area contributed by atoms with E-state index in [-0.39, 0.29) is 6.04 Å². The highest BCUT2D eigenvalue weighted by atomic mass is 16.5. The largest absolute Gasteiger partial charge is 0.507 e. The summed E-state index contributed by atoms with van der Waals surface area (Å²) in [7, 11) is 1.67. The van der Waals surface area contributed by atoms with Crippen LogP contribution in [0.15, 0.2) is 42.5 Å². The summed E-state index contributed by atoms with van der Waals surface area (Å²) in [6.45, 7) is 4.64. The van der Waals surface area contributed by atoms with E-state index in [9.17, 15) is 5.11 Å². The Morgan fingerprint density at radius 1 is 1.20 bits per heavy atom. The molecule has 0 aliphatic carbocycles. The second kappa shape index (κ2) is 6.44. The zero-order valence-electron chi connectivity index (χ0n) is 12.2. The van der Waals surface area contributed by atoms with Gasteiger partial charge in [0, 0.05) is 18.2 Å². The second-order valence-corrected chi connectivity index (χ2v) is 4.96. The smallest absolute Gasteiger partial charge is 0.122 e. The first kappa shape index (κ1) is 14.4. The van der Waals surface area contributed by atoms with Crippen molar-refractivity contribution in [3.05, 3.63) is 59.2 Å². The first-order chi connectivity index (χ1) is 9.61. The second-order valence-electron chi connectivity index (χ2n) is 4.96. The average Bonchev–Trinajstić information content (AvgIpc) is 2.48. The molecule has 1 unspecified atom stereocenters. The number of para-hydroxylation sites is 1. The highest BCUT2D eigenvalue weighted by Gasteiger charge is 2.08. The third kappa shape index (κ3) is 3.31. The fraction of sp³-hybridized carbons (Fsp3) is 0.294. The van der Waals surface area contributed by atoms with Crippen LogP contribution in [-0.2, 0) is 6.54 Å². The van der Waals surface area contributed by atoms with Gasteiger partial charge in [0.2, 0.25) is 0 Å². The zero-order chi connectivity index (χ0) is 14.5. The van der Waals surface area contributed by atoms with Gasteiger partial charge in [-0.2, -0.15) is 0 Å². The van der Waals surface area contributed by atoms with Crippen LogP contribution in [-0.4, -0.2) is 12.2 Å². The Balaban J connectivity index is 2.04. The molecule has 3 nitrogen and oxygen atoms in total. The Morgan fingerprint density at radius 2 is 1.95 bits per heavy atom. The minimum atomic E-state index is 0.185. The van der Waals surface area contributed by atoms with Gasteiger partial charge >= 0.3 is 0 Å². The molecule has 2 aromatic rings. The Morgan fingerprint density at radius 3 is 2.70 bits per heavy atom. The van der Waals surface area contributed by atoms with E-state index in [1.165, 1.54) is 0 Å². The molecule has 2 aromatic carbocycles. The first-order valence-electron chi connectivity index (χ1n) is 6.76. The summed E-state index contributed by atoms with van der Waals surface area (Å²) >= 11 is 0. The standard InChI is InChI=1S/C17H21NO2/c1-12-6-4-8-15(17(12)19)11-18-13(2)14-7-5-9-16(10-14)20-3/h4-10,13,18-19H,11H2,1-3H3. The van der Waals surface area contributed by atoms with E-state index in [4.69, 9.17) is 4.74 Å². The van der Waals surface area contributed by atoms with Gasteiger partial charge in [-0.1, -0.05) is 30.3 Å². The molecule has 0 aliphatic rings. The van der Waals surface area contributed by atoms with Gasteiger partial charge in [-0.15, -0.1) is 0 Å². The number of benzene rings is 2. The Labute approximate surface area is 120 Å². The predicted octanol–water partition coefficient (Wildman–Crippen LogP) is 3.56. The number of hydrogen-bond donors (Lipinski definition) is 2. The van der Waals surface area contributed by atoms with Crippen LogP contribution < -0.4 is 10.1 Å². The summed E-state index contributed by atoms with van der Waals surface area (Å²) in [6, 6.07) is 14.0. The summed E-state index contributed by atoms with van der Waals surface area (Å²) in [5.74, 6) is 1.23. The molecule has 3 heteroatoms. The van der Waals surface area contributed by atoms with E-state index in [0.29, 0.717) is 12.3 Å². The van der Waals surface area contributed by atoms with Crippen molar-refractivity contribution in [1.29, 1.82) is 0 Å². The molecular weight excluding hydrogens is 250 g/mol. The van der Waals surface area contributed by atoms with Crippen LogP contribution in [0.25, 0.3) is 0 Å². The number of ether oxygens (including phenoxy) is 1. The molecule has 0 radical (unpaired) electrons. The van der Waals surface area contributed by atoms with Crippen molar-refractivity contribution in [3.63, 3.8) is 0 Å². The van der Waals surface area contributed by atoms with Gasteiger partial charge in [0.1, 0.15) is 11.5 Å². The topological polar surface area (TPSA) is 41.5 Å². The van der Waals surface area contributed by atoms with Gasteiger partial charge in [-0.3, -0.25) is 0 Å². The van der Waals surface area contributed by atoms with Crippen molar-refractivity contribution in [1.82, 2.24) is 5.32 Å². The lowest BCUT2D eigenvalue weighted by molar-refractivity contribution is 0.413. The van der Waals surface area contributed by atoms with E-state index in [1.807, 2.05) is 43.3 Å². The lowest BCUT2D eigenvalue weighted by Crippen LogP contribution is -2.18. The van der Waals surface area contributed by atoms with Gasteiger partial charge < -0.3 is 15.2 Å². The fourth-order valence-corrected chi connectivity index (χ4v) is 2.15. The third-order valence-corrected chi connectivity index (χ3v) is 3.51. The third-order valence-electron chi connectivity index (χ3n) is 3.51. The lowest BCUT2D eigenvalue weighted by Gasteiger charge is -2.16. The van der Waals surface area contributed by atoms with Crippen LogP contribution in [0, 0.1) is 6.92 Å². The monoisotopic (exact) mass is 271 g/mol. The van der Waals surface area contributed by atoms with Crippen molar-refractivity contribution in [2.75, 3.05) is 7.11 Å². The minimum absolute atomic E-state index is 0.185. The quantitative estimate of drug-likeness (QED) is 0.873. The van der Waals surface area contributed by atoms with Gasteiger partial charge in [0.15, 0.2) is 0 Å². The van der Waals surface area contributed by atoms with Crippen molar-refractivity contribution in [2.24, 2.45) is 0 Å². The average molecular weight is 271 g/mol. The van der Waals surface area contributed by atoms with Gasteiger partial charge in [0.05, 0.1) is 7.11 Å². The normalized spacial score (nSPS) is 12.2. The molecule has 0 aliphatic heterocycles. The number of phenolic OH excluding ortho intramolecular Hbond substituents is 1. The molecule has 2 N–H and O–H groups in total. The molecule has 20 heavy (non-hydrogen) atoms. The Kier molecular flexibility index (Phi) is 4.64. The molecule has 0 saturated carbocycles. The Bertz CT molecular complexity index is 581. The van der Waals surface area contributed by atoms with Crippen molar-refractivity contribution >= 4 is 0 Å². The van der Waals surface area contributed by atoms with Crippen molar-refractivity contribution in [2.45, 2.75) is 26.4 Å². The van der Waals surface area contributed by atoms with Gasteiger partial charge in [0.25, 0.3) is 0 Å². The van der Waals surface area contributed by atoms with Crippen LogP contribution in [0.3, 0.4) is 0 Å². The zero-order valence-corrected chi connectivity index (χ0v) is 12.2. The van der Waals surface area contributed by atoms with Crippen LogP contribution in [0.4, 0.5) is 0 Å². The highest BCUT2D eigenvalue weighted by molar-refractivity contribution is 5.39. The maximum atomic E-state index is 10.0. The molecule has 0 bridgehead atoms. The number of rotatable bonds is 5. The molecular formula is C17H21NO2. The SMILES string of the molecule is COc1cccc(C(C)NCc2cccc(C)c2O)c1. The molecule has 0 fully saturated rings. The van der Waals surface area contributed by atoms with Crippen LogP contribution >= 0.6 is 0 Å². The predicted molar refractivity (Wildman–Crippen MR) is 81.1 cm³/mol. The Hall–Kier alpha value is -2.00. The number of aromatic hydroxyl groups is 1. The van der Waals surface area contributed by atoms with Gasteiger partial charge in [-0.25, -0.2) is 0 Å². The molecule has 1 atom stereocenters. The summed E-state index contributed by atoms with van der Waals surface area (Å²) in [6.07, 6.45) is 0. The maximum absolute atomic E-state index is 10.0. The molecule has 0 spiro atoms. The lowest BCUT2D eigenvalue weighted by atomic mass is 10.1. The molecule has 0 aromatic heterocycles. The first-order valence-corrected chi connectivity index (χ1v) is 6.76. The van der Waals surface area contributed by atoms with E-state index in [0.717, 1.165) is 22.4 Å². The van der Waals surface area contributed by atoms with Crippen LogP contribution in [0.5, 0.6) is 11.5 Å². The minimum Gasteiger partial charge on any atom is -0.507 e.